The van der Waals surface area contributed by atoms with E-state index in [1.165, 1.54) is 30.6 Å². The average molecular weight is 596 g/mol. The number of nitro benzene ring substituents is 1. The van der Waals surface area contributed by atoms with E-state index in [2.05, 4.69) is 6.58 Å². The molecule has 5 rings (SSSR count). The van der Waals surface area contributed by atoms with Gasteiger partial charge in [0.15, 0.2) is 4.80 Å². The molecule has 0 aliphatic carbocycles. The number of allylic oxidation sites excluding steroid dienone is 2. The first-order chi connectivity index (χ1) is 20.8. The molecule has 0 N–H and O–H groups in total. The molecule has 0 spiro atoms. The van der Waals surface area contributed by atoms with Crippen molar-refractivity contribution in [3.05, 3.63) is 149 Å². The topological polar surface area (TPSA) is 113 Å². The van der Waals surface area contributed by atoms with Crippen LogP contribution in [0.15, 0.2) is 107 Å². The summed E-state index contributed by atoms with van der Waals surface area (Å²) in [7, 11) is 1.33. The Hall–Kier alpha value is -5.09. The third kappa shape index (κ3) is 6.09. The number of nitrogens with zero attached hydrogens (tertiary/aromatic N) is 3. The van der Waals surface area contributed by atoms with Gasteiger partial charge in [0.05, 0.1) is 33.9 Å². The lowest BCUT2D eigenvalue weighted by molar-refractivity contribution is -0.384. The average Bonchev–Trinajstić information content (AvgIpc) is 3.34. The predicted molar refractivity (Wildman–Crippen MR) is 165 cm³/mol. The maximum Gasteiger partial charge on any atom is 0.338 e. The fourth-order valence-corrected chi connectivity index (χ4v) is 6.01. The van der Waals surface area contributed by atoms with Gasteiger partial charge in [-0.2, -0.15) is 0 Å². The molecule has 1 aromatic heterocycles. The zero-order chi connectivity index (χ0) is 30.5. The van der Waals surface area contributed by atoms with E-state index in [0.29, 0.717) is 39.2 Å². The minimum atomic E-state index is -0.659. The van der Waals surface area contributed by atoms with Gasteiger partial charge < -0.3 is 9.47 Å². The zero-order valence-corrected chi connectivity index (χ0v) is 24.5. The zero-order valence-electron chi connectivity index (χ0n) is 23.7. The lowest BCUT2D eigenvalue weighted by atomic mass is 9.95. The number of fused-ring (bicyclic) bond motifs is 1. The van der Waals surface area contributed by atoms with Crippen LogP contribution in [-0.4, -0.2) is 22.6 Å². The number of esters is 1. The third-order valence-corrected chi connectivity index (χ3v) is 8.04. The molecule has 4 aromatic rings. The number of non-ortho nitro benzene ring substituents is 1. The maximum atomic E-state index is 13.9. The van der Waals surface area contributed by atoms with E-state index >= 15 is 0 Å². The molecule has 0 fully saturated rings. The molecule has 0 unspecified atom stereocenters. The van der Waals surface area contributed by atoms with Gasteiger partial charge in [0.1, 0.15) is 12.4 Å². The minimum absolute atomic E-state index is 0.0215. The standard InChI is InChI=1S/C33H29N3O6S/c1-4-9-24-18-22(14-17-27(24)42-20-21-12-15-25(16-13-21)36(39)40)19-28-31(37)35-30(23-10-7-6-8-11-23)29(32(38)41-3)26(5-2)34-33(35)43-28/h4,6-8,10-19,30H,1,5,9,20H2,2-3H3/b28-19-/t30-/m0/s1. The second-order valence-electron chi connectivity index (χ2n) is 9.77. The maximum absolute atomic E-state index is 13.9. The second-order valence-corrected chi connectivity index (χ2v) is 10.8. The first-order valence-corrected chi connectivity index (χ1v) is 14.4. The number of hydrogen-bond donors (Lipinski definition) is 0. The van der Waals surface area contributed by atoms with Crippen molar-refractivity contribution in [1.29, 1.82) is 0 Å². The number of hydrogen-bond acceptors (Lipinski definition) is 8. The summed E-state index contributed by atoms with van der Waals surface area (Å²) >= 11 is 1.27. The van der Waals surface area contributed by atoms with E-state index in [1.807, 2.05) is 61.5 Å². The van der Waals surface area contributed by atoms with Crippen LogP contribution in [0.3, 0.4) is 0 Å². The number of methoxy groups -OCH3 is 1. The molecule has 3 aromatic carbocycles. The van der Waals surface area contributed by atoms with Gasteiger partial charge in [0.2, 0.25) is 0 Å². The van der Waals surface area contributed by atoms with E-state index in [1.54, 1.807) is 22.8 Å². The SMILES string of the molecule is C=CCc1cc(/C=c2\sc3n(c2=O)[C@@H](c2ccccc2)C(C(=O)OC)=C(CC)N=3)ccc1OCc1ccc([N+](=O)[O-])cc1. The highest BCUT2D eigenvalue weighted by molar-refractivity contribution is 7.07. The number of thiazole rings is 1. The number of benzene rings is 3. The molecule has 9 nitrogen and oxygen atoms in total. The summed E-state index contributed by atoms with van der Waals surface area (Å²) in [5, 5.41) is 10.9. The van der Waals surface area contributed by atoms with Gasteiger partial charge in [0.25, 0.3) is 11.2 Å². The lowest BCUT2D eigenvalue weighted by Crippen LogP contribution is -2.40. The Labute approximate surface area is 251 Å². The quantitative estimate of drug-likeness (QED) is 0.110. The van der Waals surface area contributed by atoms with Crippen molar-refractivity contribution in [2.75, 3.05) is 7.11 Å². The van der Waals surface area contributed by atoms with Crippen LogP contribution in [0.2, 0.25) is 0 Å². The molecule has 218 valence electrons. The van der Waals surface area contributed by atoms with Crippen LogP contribution in [0.5, 0.6) is 5.75 Å². The van der Waals surface area contributed by atoms with Crippen LogP contribution in [0, 0.1) is 10.1 Å². The summed E-state index contributed by atoms with van der Waals surface area (Å²) in [6, 6.07) is 20.6. The molecule has 1 atom stereocenters. The van der Waals surface area contributed by atoms with Gasteiger partial charge in [-0.15, -0.1) is 6.58 Å². The van der Waals surface area contributed by atoms with Crippen LogP contribution in [-0.2, 0) is 22.6 Å². The molecule has 10 heteroatoms. The van der Waals surface area contributed by atoms with E-state index in [0.717, 1.165) is 22.3 Å². The molecule has 0 bridgehead atoms. The number of nitro groups is 1. The lowest BCUT2D eigenvalue weighted by Gasteiger charge is -2.25. The molecule has 1 aliphatic rings. The van der Waals surface area contributed by atoms with Gasteiger partial charge in [0, 0.05) is 12.1 Å². The van der Waals surface area contributed by atoms with E-state index in [-0.39, 0.29) is 17.9 Å². The summed E-state index contributed by atoms with van der Waals surface area (Å²) in [6.07, 6.45) is 4.62. The van der Waals surface area contributed by atoms with Crippen molar-refractivity contribution in [3.63, 3.8) is 0 Å². The Morgan fingerprint density at radius 3 is 2.53 bits per heavy atom. The molecular weight excluding hydrogens is 566 g/mol. The van der Waals surface area contributed by atoms with Gasteiger partial charge in [-0.3, -0.25) is 19.5 Å². The Balaban J connectivity index is 1.52. The summed E-state index contributed by atoms with van der Waals surface area (Å²) < 4.78 is 13.2. The highest BCUT2D eigenvalue weighted by atomic mass is 32.1. The molecule has 0 radical (unpaired) electrons. The number of ether oxygens (including phenoxy) is 2. The summed E-state index contributed by atoms with van der Waals surface area (Å²) in [4.78, 5) is 42.5. The number of carbonyl (C=O) groups excluding carboxylic acids is 1. The van der Waals surface area contributed by atoms with Crippen molar-refractivity contribution in [2.45, 2.75) is 32.4 Å². The molecule has 0 saturated carbocycles. The molecule has 1 aliphatic heterocycles. The number of aromatic nitrogens is 1. The monoisotopic (exact) mass is 595 g/mol. The Morgan fingerprint density at radius 1 is 1.14 bits per heavy atom. The van der Waals surface area contributed by atoms with Crippen LogP contribution in [0.25, 0.3) is 6.08 Å². The van der Waals surface area contributed by atoms with E-state index < -0.39 is 16.9 Å². The Morgan fingerprint density at radius 2 is 1.88 bits per heavy atom. The van der Waals surface area contributed by atoms with Crippen LogP contribution >= 0.6 is 11.3 Å². The van der Waals surface area contributed by atoms with Crippen molar-refractivity contribution in [1.82, 2.24) is 4.57 Å². The third-order valence-electron chi connectivity index (χ3n) is 7.05. The summed E-state index contributed by atoms with van der Waals surface area (Å²) in [5.41, 5.74) is 3.98. The van der Waals surface area contributed by atoms with Gasteiger partial charge in [-0.1, -0.05) is 60.7 Å². The van der Waals surface area contributed by atoms with Crippen LogP contribution in [0.4, 0.5) is 5.69 Å². The smallest absolute Gasteiger partial charge is 0.338 e. The largest absolute Gasteiger partial charge is 0.489 e. The van der Waals surface area contributed by atoms with Gasteiger partial charge >= 0.3 is 5.97 Å². The van der Waals surface area contributed by atoms with E-state index in [4.69, 9.17) is 14.5 Å². The van der Waals surface area contributed by atoms with Gasteiger partial charge in [-0.05, 0) is 65.4 Å². The Bertz CT molecular complexity index is 1910. The molecular formula is C33H29N3O6S. The second kappa shape index (κ2) is 12.8. The van der Waals surface area contributed by atoms with Crippen LogP contribution in [0.1, 0.15) is 41.6 Å². The molecule has 0 saturated heterocycles. The minimum Gasteiger partial charge on any atom is -0.489 e. The normalized spacial score (nSPS) is 14.6. The summed E-state index contributed by atoms with van der Waals surface area (Å²) in [6.45, 7) is 6.02. The number of rotatable bonds is 10. The fourth-order valence-electron chi connectivity index (χ4n) is 4.99. The molecule has 0 amide bonds. The van der Waals surface area contributed by atoms with E-state index in [9.17, 15) is 19.7 Å². The van der Waals surface area contributed by atoms with Crippen molar-refractivity contribution in [3.8, 4) is 5.75 Å². The Kier molecular flexibility index (Phi) is 8.77. The van der Waals surface area contributed by atoms with Gasteiger partial charge in [-0.25, -0.2) is 9.79 Å². The highest BCUT2D eigenvalue weighted by Gasteiger charge is 2.33. The molecule has 43 heavy (non-hydrogen) atoms. The first-order valence-electron chi connectivity index (χ1n) is 13.6. The van der Waals surface area contributed by atoms with Crippen molar-refractivity contribution < 1.29 is 19.2 Å². The number of carbonyl (C=O) groups is 1. The fraction of sp³-hybridized carbons (Fsp3) is 0.182. The van der Waals surface area contributed by atoms with Crippen molar-refractivity contribution in [2.24, 2.45) is 4.99 Å². The molecule has 2 heterocycles. The van der Waals surface area contributed by atoms with Crippen molar-refractivity contribution >= 4 is 29.1 Å². The highest BCUT2D eigenvalue weighted by Crippen LogP contribution is 2.31. The first kappa shape index (κ1) is 29.4. The summed E-state index contributed by atoms with van der Waals surface area (Å²) in [5.74, 6) is 0.137. The predicted octanol–water partition coefficient (Wildman–Crippen LogP) is 5.01. The van der Waals surface area contributed by atoms with Crippen LogP contribution < -0.4 is 19.6 Å².